The molecule has 3 nitrogen and oxygen atoms in total. The molecule has 18 heavy (non-hydrogen) atoms. The van der Waals surface area contributed by atoms with Crippen LogP contribution in [-0.4, -0.2) is 21.1 Å². The lowest BCUT2D eigenvalue weighted by atomic mass is 10.0. The van der Waals surface area contributed by atoms with Gasteiger partial charge in [0.05, 0.1) is 0 Å². The van der Waals surface area contributed by atoms with Crippen molar-refractivity contribution >= 4 is 0 Å². The molecule has 0 aliphatic heterocycles. The zero-order chi connectivity index (χ0) is 14.5. The second-order valence-electron chi connectivity index (χ2n) is 4.24. The van der Waals surface area contributed by atoms with Crippen LogP contribution in [0.2, 0.25) is 0 Å². The molecule has 1 fully saturated rings. The third kappa shape index (κ3) is 24.9. The lowest BCUT2D eigenvalue weighted by Crippen LogP contribution is -1.85. The van der Waals surface area contributed by atoms with Crippen molar-refractivity contribution in [3.05, 3.63) is 0 Å². The predicted octanol–water partition coefficient (Wildman–Crippen LogP) is 3.41. The molecule has 1 rings (SSSR count). The molecule has 0 amide bonds. The Morgan fingerprint density at radius 1 is 0.278 bits per heavy atom. The first kappa shape index (κ1) is 23.0. The van der Waals surface area contributed by atoms with Gasteiger partial charge in [-0.05, 0) is 21.1 Å². The van der Waals surface area contributed by atoms with E-state index >= 15 is 0 Å². The maximum Gasteiger partial charge on any atom is -0.0195 e. The Balaban J connectivity index is -0.000000328. The van der Waals surface area contributed by atoms with Crippen LogP contribution in [0.3, 0.4) is 0 Å². The van der Waals surface area contributed by atoms with Crippen LogP contribution < -0.4 is 17.2 Å². The van der Waals surface area contributed by atoms with Crippen molar-refractivity contribution in [2.75, 3.05) is 21.1 Å². The molecule has 0 saturated heterocycles. The molecular weight excluding hydrogens is 222 g/mol. The van der Waals surface area contributed by atoms with Gasteiger partial charge in [-0.15, -0.1) is 0 Å². The van der Waals surface area contributed by atoms with Crippen molar-refractivity contribution in [3.63, 3.8) is 0 Å². The minimum atomic E-state index is 1.50. The molecule has 0 aromatic rings. The van der Waals surface area contributed by atoms with Gasteiger partial charge in [-0.3, -0.25) is 0 Å². The molecule has 0 radical (unpaired) electrons. The van der Waals surface area contributed by atoms with Crippen LogP contribution in [0.25, 0.3) is 0 Å². The summed E-state index contributed by atoms with van der Waals surface area (Å²) in [6.45, 7) is 0. The molecule has 0 aromatic carbocycles. The van der Waals surface area contributed by atoms with Crippen LogP contribution in [0.5, 0.6) is 0 Å². The first-order valence-corrected chi connectivity index (χ1v) is 7.73. The topological polar surface area (TPSA) is 78.1 Å². The Morgan fingerprint density at radius 3 is 0.389 bits per heavy atom. The van der Waals surface area contributed by atoms with Gasteiger partial charge >= 0.3 is 0 Å². The van der Waals surface area contributed by atoms with E-state index in [1.165, 1.54) is 98.2 Å². The van der Waals surface area contributed by atoms with E-state index in [9.17, 15) is 0 Å². The van der Waals surface area contributed by atoms with Crippen LogP contribution in [0, 0.1) is 0 Å². The molecule has 114 valence electrons. The molecule has 1 aliphatic rings. The monoisotopic (exact) mass is 261 g/mol. The summed E-state index contributed by atoms with van der Waals surface area (Å²) in [4.78, 5) is 0. The Labute approximate surface area is 116 Å². The standard InChI is InChI=1S/C12H24.3CH5N/c1-2-4-6-8-10-12-11-9-7-5-3-1;3*1-2/h1-12H2;3*2H2,1H3. The first-order chi connectivity index (χ1) is 9.00. The molecule has 0 aromatic heterocycles. The quantitative estimate of drug-likeness (QED) is 0.625. The second-order valence-corrected chi connectivity index (χ2v) is 4.24. The zero-order valence-corrected chi connectivity index (χ0v) is 13.2. The summed E-state index contributed by atoms with van der Waals surface area (Å²) in [5, 5.41) is 0. The summed E-state index contributed by atoms with van der Waals surface area (Å²) in [6, 6.07) is 0. The highest BCUT2D eigenvalue weighted by atomic mass is 14.4. The van der Waals surface area contributed by atoms with E-state index < -0.39 is 0 Å². The summed E-state index contributed by atoms with van der Waals surface area (Å²) >= 11 is 0. The van der Waals surface area contributed by atoms with Gasteiger partial charge in [-0.25, -0.2) is 0 Å². The average molecular weight is 261 g/mol. The van der Waals surface area contributed by atoms with Gasteiger partial charge in [0, 0.05) is 0 Å². The van der Waals surface area contributed by atoms with E-state index in [1.807, 2.05) is 0 Å². The summed E-state index contributed by atoms with van der Waals surface area (Å²) in [6.07, 6.45) is 18.0. The average Bonchev–Trinajstić information content (AvgIpc) is 2.46. The van der Waals surface area contributed by atoms with Crippen LogP contribution in [0.4, 0.5) is 0 Å². The van der Waals surface area contributed by atoms with E-state index in [0.717, 1.165) is 0 Å². The highest BCUT2D eigenvalue weighted by Gasteiger charge is 1.96. The molecular formula is C15H39N3. The van der Waals surface area contributed by atoms with Gasteiger partial charge in [0.1, 0.15) is 0 Å². The Bertz CT molecular complexity index is 54.7. The molecule has 6 N–H and O–H groups in total. The Hall–Kier alpha value is -0.120. The third-order valence-electron chi connectivity index (χ3n) is 3.00. The molecule has 0 heterocycles. The van der Waals surface area contributed by atoms with E-state index in [-0.39, 0.29) is 0 Å². The van der Waals surface area contributed by atoms with Crippen molar-refractivity contribution in [1.29, 1.82) is 0 Å². The smallest absolute Gasteiger partial charge is 0.0195 e. The fourth-order valence-corrected chi connectivity index (χ4v) is 2.12. The lowest BCUT2D eigenvalue weighted by molar-refractivity contribution is 0.504. The highest BCUT2D eigenvalue weighted by Crippen LogP contribution is 2.15. The number of nitrogens with two attached hydrogens (primary N) is 3. The van der Waals surface area contributed by atoms with E-state index in [4.69, 9.17) is 0 Å². The number of rotatable bonds is 0. The zero-order valence-electron chi connectivity index (χ0n) is 13.2. The number of hydrogen-bond acceptors (Lipinski definition) is 3. The van der Waals surface area contributed by atoms with Gasteiger partial charge in [0.2, 0.25) is 0 Å². The molecule has 0 atom stereocenters. The summed E-state index contributed by atoms with van der Waals surface area (Å²) in [7, 11) is 4.50. The van der Waals surface area contributed by atoms with Gasteiger partial charge in [0.25, 0.3) is 0 Å². The summed E-state index contributed by atoms with van der Waals surface area (Å²) in [5.41, 5.74) is 13.5. The van der Waals surface area contributed by atoms with Crippen molar-refractivity contribution < 1.29 is 0 Å². The van der Waals surface area contributed by atoms with Gasteiger partial charge in [-0.2, -0.15) is 0 Å². The SMILES string of the molecule is C1CCCCCCCCCCC1.CN.CN.CN. The van der Waals surface area contributed by atoms with Gasteiger partial charge < -0.3 is 17.2 Å². The van der Waals surface area contributed by atoms with Crippen LogP contribution in [0.1, 0.15) is 77.0 Å². The molecule has 0 spiro atoms. The minimum Gasteiger partial charge on any atom is -0.333 e. The summed E-state index contributed by atoms with van der Waals surface area (Å²) < 4.78 is 0. The van der Waals surface area contributed by atoms with Crippen LogP contribution in [0.15, 0.2) is 0 Å². The highest BCUT2D eigenvalue weighted by molar-refractivity contribution is 4.51. The van der Waals surface area contributed by atoms with Crippen LogP contribution in [-0.2, 0) is 0 Å². The maximum absolute atomic E-state index is 4.50. The number of hydrogen-bond donors (Lipinski definition) is 3. The normalized spacial score (nSPS) is 17.0. The van der Waals surface area contributed by atoms with E-state index in [0.29, 0.717) is 0 Å². The van der Waals surface area contributed by atoms with Crippen molar-refractivity contribution in [2.24, 2.45) is 17.2 Å². The second kappa shape index (κ2) is 30.2. The predicted molar refractivity (Wildman–Crippen MR) is 85.7 cm³/mol. The molecule has 1 aliphatic carbocycles. The first-order valence-electron chi connectivity index (χ1n) is 7.73. The molecule has 0 unspecified atom stereocenters. The van der Waals surface area contributed by atoms with Crippen LogP contribution >= 0.6 is 0 Å². The fourth-order valence-electron chi connectivity index (χ4n) is 2.12. The molecule has 3 heteroatoms. The van der Waals surface area contributed by atoms with Crippen molar-refractivity contribution in [1.82, 2.24) is 0 Å². The van der Waals surface area contributed by atoms with E-state index in [1.54, 1.807) is 0 Å². The molecule has 0 bridgehead atoms. The molecule has 1 saturated carbocycles. The maximum atomic E-state index is 4.50. The fraction of sp³-hybridized carbons (Fsp3) is 1.00. The van der Waals surface area contributed by atoms with Crippen molar-refractivity contribution in [2.45, 2.75) is 77.0 Å². The van der Waals surface area contributed by atoms with Crippen molar-refractivity contribution in [3.8, 4) is 0 Å². The largest absolute Gasteiger partial charge is 0.333 e. The minimum absolute atomic E-state index is 1.50. The third-order valence-corrected chi connectivity index (χ3v) is 3.00. The van der Waals surface area contributed by atoms with E-state index in [2.05, 4.69) is 17.2 Å². The Morgan fingerprint density at radius 2 is 0.333 bits per heavy atom. The van der Waals surface area contributed by atoms with Gasteiger partial charge in [0.15, 0.2) is 0 Å². The lowest BCUT2D eigenvalue weighted by Gasteiger charge is -2.05. The summed E-state index contributed by atoms with van der Waals surface area (Å²) in [5.74, 6) is 0. The van der Waals surface area contributed by atoms with Gasteiger partial charge in [-0.1, -0.05) is 77.0 Å². The Kier molecular flexibility index (Phi) is 38.6.